The number of rotatable bonds is 2. The van der Waals surface area contributed by atoms with E-state index in [2.05, 4.69) is 18.7 Å². The van der Waals surface area contributed by atoms with Gasteiger partial charge in [0.1, 0.15) is 38.2 Å². The van der Waals surface area contributed by atoms with Crippen LogP contribution < -0.4 is 0 Å². The summed E-state index contributed by atoms with van der Waals surface area (Å²) in [6.07, 6.45) is -8.33. The van der Waals surface area contributed by atoms with Gasteiger partial charge >= 0.3 is 12.4 Å². The number of carbonyl (C=O) groups excluding carboxylic acids is 3. The van der Waals surface area contributed by atoms with E-state index in [1.807, 2.05) is 0 Å². The van der Waals surface area contributed by atoms with Gasteiger partial charge in [-0.05, 0) is 53.1 Å². The molecule has 1 unspecified atom stereocenters. The average Bonchev–Trinajstić information content (AvgIpc) is 3.83. The zero-order valence-electron chi connectivity index (χ0n) is 22.6. The van der Waals surface area contributed by atoms with Gasteiger partial charge in [0.15, 0.2) is 5.78 Å². The smallest absolute Gasteiger partial charge is 0.380 e. The molecule has 6 aromatic rings. The third kappa shape index (κ3) is 4.48. The Bertz CT molecular complexity index is 2490. The number of carbonyl (C=O) groups is 3. The topological polar surface area (TPSA) is 123 Å². The van der Waals surface area contributed by atoms with Crippen molar-refractivity contribution in [2.24, 2.45) is 0 Å². The standard InChI is InChI=1S/C30H10F6N4O4S3/c31-29(32,33)9-1-3-11-13(5-9)23(41)25(43)15(11)7-17-37-21-19-20(40-47-39-19)22-28(27(21)45-17)46-18(38-22)8-16-12-4-2-10(30(34,35)36)6-14(12)24(42)26(16)44/h1-8,25,43H/b15-7-,16-8-. The summed E-state index contributed by atoms with van der Waals surface area (Å²) in [4.78, 5) is 47.4. The number of aliphatic hydroxyl groups is 1. The molecule has 17 heteroatoms. The number of hydrogen-bond donors (Lipinski definition) is 1. The fourth-order valence-corrected chi connectivity index (χ4v) is 8.32. The van der Waals surface area contributed by atoms with Gasteiger partial charge in [-0.2, -0.15) is 35.1 Å². The van der Waals surface area contributed by atoms with Gasteiger partial charge in [0.25, 0.3) is 0 Å². The molecule has 0 fully saturated rings. The summed E-state index contributed by atoms with van der Waals surface area (Å²) in [6.45, 7) is 0. The monoisotopic (exact) mass is 700 g/mol. The van der Waals surface area contributed by atoms with Crippen molar-refractivity contribution in [3.05, 3.63) is 79.8 Å². The normalized spacial score (nSPS) is 18.5. The minimum absolute atomic E-state index is 0.0527. The maximum atomic E-state index is 13.3. The van der Waals surface area contributed by atoms with Gasteiger partial charge < -0.3 is 5.11 Å². The zero-order valence-corrected chi connectivity index (χ0v) is 25.1. The van der Waals surface area contributed by atoms with Crippen LogP contribution in [0.2, 0.25) is 0 Å². The summed E-state index contributed by atoms with van der Waals surface area (Å²) in [5, 5.41) is 11.2. The molecule has 3 aromatic heterocycles. The Morgan fingerprint density at radius 1 is 0.660 bits per heavy atom. The number of nitrogens with zero attached hydrogens (tertiary/aromatic N) is 4. The second-order valence-electron chi connectivity index (χ2n) is 10.5. The third-order valence-corrected chi connectivity index (χ3v) is 10.5. The van der Waals surface area contributed by atoms with Gasteiger partial charge in [0, 0.05) is 16.7 Å². The van der Waals surface area contributed by atoms with Gasteiger partial charge in [-0.25, -0.2) is 9.97 Å². The Morgan fingerprint density at radius 2 is 1.19 bits per heavy atom. The molecule has 1 N–H and O–H groups in total. The highest BCUT2D eigenvalue weighted by atomic mass is 32.1. The molecule has 0 saturated heterocycles. The van der Waals surface area contributed by atoms with E-state index in [1.165, 1.54) is 12.2 Å². The van der Waals surface area contributed by atoms with Crippen molar-refractivity contribution in [1.82, 2.24) is 18.7 Å². The van der Waals surface area contributed by atoms with Crippen molar-refractivity contribution in [2.45, 2.75) is 18.5 Å². The van der Waals surface area contributed by atoms with Crippen LogP contribution in [0.25, 0.3) is 54.8 Å². The van der Waals surface area contributed by atoms with Crippen molar-refractivity contribution in [3.63, 3.8) is 0 Å². The lowest BCUT2D eigenvalue weighted by molar-refractivity contribution is -0.138. The molecule has 3 heterocycles. The highest BCUT2D eigenvalue weighted by molar-refractivity contribution is 7.27. The van der Waals surface area contributed by atoms with E-state index >= 15 is 0 Å². The molecular formula is C30H10F6N4O4S3. The molecule has 0 radical (unpaired) electrons. The number of ketones is 3. The number of thiazole rings is 2. The number of aromatic nitrogens is 4. The van der Waals surface area contributed by atoms with Crippen LogP contribution in [0.15, 0.2) is 36.4 Å². The fraction of sp³-hybridized carbons (Fsp3) is 0.100. The van der Waals surface area contributed by atoms with E-state index < -0.39 is 46.9 Å². The molecule has 8 nitrogen and oxygen atoms in total. The number of allylic oxidation sites excluding steroid dienone is 1. The second kappa shape index (κ2) is 9.90. The quantitative estimate of drug-likeness (QED) is 0.113. The van der Waals surface area contributed by atoms with Gasteiger partial charge in [0.2, 0.25) is 11.6 Å². The van der Waals surface area contributed by atoms with E-state index in [4.69, 9.17) is 0 Å². The van der Waals surface area contributed by atoms with Crippen LogP contribution in [0.4, 0.5) is 26.3 Å². The molecule has 3 aromatic carbocycles. The van der Waals surface area contributed by atoms with Gasteiger partial charge in [0.05, 0.1) is 32.3 Å². The van der Waals surface area contributed by atoms with Crippen LogP contribution in [0, 0.1) is 0 Å². The predicted molar refractivity (Wildman–Crippen MR) is 162 cm³/mol. The van der Waals surface area contributed by atoms with Crippen LogP contribution >= 0.6 is 34.4 Å². The summed E-state index contributed by atoms with van der Waals surface area (Å²) >= 11 is 3.14. The highest BCUT2D eigenvalue weighted by Crippen LogP contribution is 2.44. The van der Waals surface area contributed by atoms with Crippen LogP contribution in [-0.2, 0) is 17.1 Å². The predicted octanol–water partition coefficient (Wildman–Crippen LogP) is 7.35. The SMILES string of the molecule is O=C1C(=O)c2cc(C(F)(F)F)ccc2/C1=C/c1nc2c3nsnc3c3nc(/C=C4/c5ccc(C(F)(F)F)cc5C(=O)C4O)sc3c2s1. The number of hydrogen-bond acceptors (Lipinski definition) is 11. The molecule has 47 heavy (non-hydrogen) atoms. The van der Waals surface area contributed by atoms with Crippen LogP contribution in [0.5, 0.6) is 0 Å². The van der Waals surface area contributed by atoms with Crippen LogP contribution in [0.1, 0.15) is 53.0 Å². The molecule has 0 bridgehead atoms. The van der Waals surface area contributed by atoms with E-state index in [0.717, 1.165) is 58.7 Å². The Labute approximate surface area is 268 Å². The molecule has 0 aliphatic heterocycles. The Balaban J connectivity index is 1.26. The van der Waals surface area contributed by atoms with Crippen molar-refractivity contribution in [2.75, 3.05) is 0 Å². The molecule has 1 atom stereocenters. The second-order valence-corrected chi connectivity index (χ2v) is 13.1. The molecule has 0 amide bonds. The molecule has 0 saturated carbocycles. The lowest BCUT2D eigenvalue weighted by Crippen LogP contribution is -2.14. The molecule has 0 spiro atoms. The summed E-state index contributed by atoms with van der Waals surface area (Å²) in [5.41, 5.74) is -0.951. The fourth-order valence-electron chi connectivity index (χ4n) is 5.60. The minimum Gasteiger partial charge on any atom is -0.380 e. The van der Waals surface area contributed by atoms with Gasteiger partial charge in [-0.3, -0.25) is 14.4 Å². The number of fused-ring (bicyclic) bond motifs is 8. The van der Waals surface area contributed by atoms with Crippen LogP contribution in [-0.4, -0.2) is 47.3 Å². The number of benzene rings is 3. The molecule has 234 valence electrons. The van der Waals surface area contributed by atoms with Crippen LogP contribution in [0.3, 0.4) is 0 Å². The van der Waals surface area contributed by atoms with Crippen molar-refractivity contribution >= 4 is 107 Å². The van der Waals surface area contributed by atoms with Gasteiger partial charge in [-0.1, -0.05) is 12.1 Å². The Morgan fingerprint density at radius 3 is 1.77 bits per heavy atom. The number of alkyl halides is 6. The van der Waals surface area contributed by atoms with Crippen molar-refractivity contribution in [1.29, 1.82) is 0 Å². The first-order chi connectivity index (χ1) is 22.2. The van der Waals surface area contributed by atoms with E-state index in [9.17, 15) is 45.8 Å². The first kappa shape index (κ1) is 29.7. The summed E-state index contributed by atoms with van der Waals surface area (Å²) < 4.78 is 89.3. The first-order valence-corrected chi connectivity index (χ1v) is 15.6. The maximum absolute atomic E-state index is 13.3. The summed E-state index contributed by atoms with van der Waals surface area (Å²) in [5.74, 6) is -2.90. The third-order valence-electron chi connectivity index (χ3n) is 7.78. The number of aliphatic hydroxyl groups excluding tert-OH is 1. The van der Waals surface area contributed by atoms with E-state index in [-0.39, 0.29) is 38.4 Å². The molecule has 8 rings (SSSR count). The maximum Gasteiger partial charge on any atom is 0.416 e. The number of halogens is 6. The highest BCUT2D eigenvalue weighted by Gasteiger charge is 2.39. The lowest BCUT2D eigenvalue weighted by atomic mass is 10.0. The van der Waals surface area contributed by atoms with E-state index in [1.54, 1.807) is 0 Å². The summed E-state index contributed by atoms with van der Waals surface area (Å²) in [6, 6.07) is 5.19. The largest absolute Gasteiger partial charge is 0.416 e. The van der Waals surface area contributed by atoms with E-state index in [0.29, 0.717) is 48.6 Å². The Hall–Kier alpha value is -4.71. The van der Waals surface area contributed by atoms with Gasteiger partial charge in [-0.15, -0.1) is 22.7 Å². The Kier molecular flexibility index (Phi) is 6.25. The average molecular weight is 701 g/mol. The van der Waals surface area contributed by atoms with Crippen molar-refractivity contribution < 1.29 is 45.8 Å². The molecule has 2 aliphatic carbocycles. The first-order valence-electron chi connectivity index (χ1n) is 13.2. The lowest BCUT2D eigenvalue weighted by Gasteiger charge is -2.08. The minimum atomic E-state index is -4.70. The zero-order chi connectivity index (χ0) is 33.2. The number of Topliss-reactive ketones (excluding diaryl/α,β-unsaturated/α-hetero) is 3. The van der Waals surface area contributed by atoms with Crippen molar-refractivity contribution in [3.8, 4) is 0 Å². The molecular weight excluding hydrogens is 691 g/mol. The molecule has 2 aliphatic rings. The summed E-state index contributed by atoms with van der Waals surface area (Å²) in [7, 11) is 0.